The highest BCUT2D eigenvalue weighted by atomic mass is 32.1. The number of hydrogen-bond donors (Lipinski definition) is 2. The van der Waals surface area contributed by atoms with Crippen LogP contribution in [0.2, 0.25) is 0 Å². The van der Waals surface area contributed by atoms with Crippen LogP contribution in [0.5, 0.6) is 11.6 Å². The van der Waals surface area contributed by atoms with E-state index in [1.807, 2.05) is 36.4 Å². The molecule has 0 spiro atoms. The zero-order chi connectivity index (χ0) is 24.7. The molecule has 1 unspecified atom stereocenters. The fourth-order valence-electron chi connectivity index (χ4n) is 4.84. The Morgan fingerprint density at radius 3 is 2.47 bits per heavy atom. The van der Waals surface area contributed by atoms with Crippen LogP contribution in [0.25, 0.3) is 0 Å². The average molecular weight is 503 g/mol. The van der Waals surface area contributed by atoms with Crippen LogP contribution in [0.1, 0.15) is 44.6 Å². The summed E-state index contributed by atoms with van der Waals surface area (Å²) in [5, 5.41) is 6.94. The second kappa shape index (κ2) is 11.6. The van der Waals surface area contributed by atoms with E-state index in [1.165, 1.54) is 30.5 Å². The summed E-state index contributed by atoms with van der Waals surface area (Å²) in [5.41, 5.74) is 2.46. The lowest BCUT2D eigenvalue weighted by Crippen LogP contribution is -2.38. The van der Waals surface area contributed by atoms with Gasteiger partial charge in [0.05, 0.1) is 0 Å². The molecule has 2 fully saturated rings. The average Bonchev–Trinajstić information content (AvgIpc) is 3.44. The molecule has 0 amide bonds. The van der Waals surface area contributed by atoms with Gasteiger partial charge in [0.25, 0.3) is 0 Å². The number of nitrogens with one attached hydrogen (secondary N) is 2. The number of rotatable bonds is 7. The predicted octanol–water partition coefficient (Wildman–Crippen LogP) is 5.73. The van der Waals surface area contributed by atoms with E-state index < -0.39 is 0 Å². The molecule has 0 radical (unpaired) electrons. The van der Waals surface area contributed by atoms with Crippen molar-refractivity contribution in [2.24, 2.45) is 0 Å². The summed E-state index contributed by atoms with van der Waals surface area (Å²) in [6.07, 6.45) is 6.11. The van der Waals surface area contributed by atoms with Crippen LogP contribution in [-0.4, -0.2) is 40.8 Å². The Hall–Kier alpha value is -3.39. The molecule has 0 bridgehead atoms. The van der Waals surface area contributed by atoms with E-state index in [2.05, 4.69) is 56.6 Å². The molecule has 5 rings (SSSR count). The van der Waals surface area contributed by atoms with Crippen LogP contribution in [0, 0.1) is 0 Å². The summed E-state index contributed by atoms with van der Waals surface area (Å²) in [5.74, 6) is 2.51. The van der Waals surface area contributed by atoms with E-state index in [4.69, 9.17) is 21.9 Å². The van der Waals surface area contributed by atoms with Crippen molar-refractivity contribution < 1.29 is 4.74 Å². The van der Waals surface area contributed by atoms with Gasteiger partial charge in [0, 0.05) is 44.0 Å². The molecular formula is C28H34N6OS. The number of nitrogens with zero attached hydrogens (tertiary/aromatic N) is 4. The molecule has 1 aromatic heterocycles. The maximum absolute atomic E-state index is 6.06. The number of para-hydroxylation sites is 1. The number of aromatic nitrogens is 2. The van der Waals surface area contributed by atoms with Crippen molar-refractivity contribution in [3.63, 3.8) is 0 Å². The summed E-state index contributed by atoms with van der Waals surface area (Å²) < 4.78 is 6.06. The Morgan fingerprint density at radius 1 is 0.972 bits per heavy atom. The SMILES string of the molecule is CC1CCCCN1c1cc(Oc2ccccc2)nc(NC(=S)NCc2ccc(N3CCCC3)cc2)n1. The van der Waals surface area contributed by atoms with Crippen LogP contribution < -0.4 is 25.2 Å². The van der Waals surface area contributed by atoms with Crippen molar-refractivity contribution in [1.29, 1.82) is 0 Å². The normalized spacial score (nSPS) is 17.6. The van der Waals surface area contributed by atoms with E-state index in [9.17, 15) is 0 Å². The molecule has 8 heteroatoms. The molecule has 7 nitrogen and oxygen atoms in total. The first-order valence-electron chi connectivity index (χ1n) is 12.9. The fraction of sp³-hybridized carbons (Fsp3) is 0.393. The Bertz CT molecular complexity index is 1150. The first kappa shape index (κ1) is 24.3. The smallest absolute Gasteiger partial charge is 0.234 e. The molecule has 3 aromatic rings. The van der Waals surface area contributed by atoms with Crippen LogP contribution in [0.3, 0.4) is 0 Å². The van der Waals surface area contributed by atoms with Gasteiger partial charge < -0.3 is 25.2 Å². The molecule has 1 atom stereocenters. The topological polar surface area (TPSA) is 65.6 Å². The second-order valence-corrected chi connectivity index (χ2v) is 9.92. The third-order valence-electron chi connectivity index (χ3n) is 6.84. The van der Waals surface area contributed by atoms with Crippen LogP contribution in [0.15, 0.2) is 60.7 Å². The van der Waals surface area contributed by atoms with Gasteiger partial charge in [-0.15, -0.1) is 0 Å². The third kappa shape index (κ3) is 6.23. The lowest BCUT2D eigenvalue weighted by molar-refractivity contribution is 0.457. The maximum atomic E-state index is 6.06. The molecular weight excluding hydrogens is 468 g/mol. The number of hydrogen-bond acceptors (Lipinski definition) is 6. The Morgan fingerprint density at radius 2 is 1.72 bits per heavy atom. The Kier molecular flexibility index (Phi) is 7.81. The van der Waals surface area contributed by atoms with Crippen molar-refractivity contribution in [2.75, 3.05) is 34.8 Å². The van der Waals surface area contributed by atoms with Gasteiger partial charge in [0.2, 0.25) is 11.8 Å². The highest BCUT2D eigenvalue weighted by Crippen LogP contribution is 2.29. The molecule has 2 saturated heterocycles. The van der Waals surface area contributed by atoms with Gasteiger partial charge in [-0.25, -0.2) is 0 Å². The number of piperidine rings is 1. The summed E-state index contributed by atoms with van der Waals surface area (Å²) in [6, 6.07) is 20.7. The zero-order valence-corrected chi connectivity index (χ0v) is 21.6. The molecule has 0 saturated carbocycles. The first-order valence-corrected chi connectivity index (χ1v) is 13.3. The molecule has 36 heavy (non-hydrogen) atoms. The van der Waals surface area contributed by atoms with Gasteiger partial charge >= 0.3 is 0 Å². The standard InChI is InChI=1S/C28H34N6OS/c1-21-9-5-6-18-34(21)25-19-26(35-24-10-3-2-4-11-24)31-27(30-25)32-28(36)29-20-22-12-14-23(15-13-22)33-16-7-8-17-33/h2-4,10-15,19,21H,5-9,16-18,20H2,1H3,(H2,29,30,31,32,36). The molecule has 2 aromatic carbocycles. The molecule has 3 heterocycles. The molecule has 2 aliphatic heterocycles. The van der Waals surface area contributed by atoms with Crippen molar-refractivity contribution in [3.05, 3.63) is 66.2 Å². The van der Waals surface area contributed by atoms with Crippen molar-refractivity contribution >= 4 is 34.8 Å². The van der Waals surface area contributed by atoms with Gasteiger partial charge in [-0.1, -0.05) is 30.3 Å². The minimum Gasteiger partial charge on any atom is -0.439 e. The quantitative estimate of drug-likeness (QED) is 0.397. The number of thiocarbonyl (C=S) groups is 1. The van der Waals surface area contributed by atoms with Crippen LogP contribution >= 0.6 is 12.2 Å². The Balaban J connectivity index is 1.26. The highest BCUT2D eigenvalue weighted by molar-refractivity contribution is 7.80. The minimum atomic E-state index is 0.416. The van der Waals surface area contributed by atoms with Crippen molar-refractivity contribution in [2.45, 2.75) is 51.6 Å². The van der Waals surface area contributed by atoms with E-state index in [0.717, 1.165) is 44.0 Å². The van der Waals surface area contributed by atoms with E-state index in [1.54, 1.807) is 0 Å². The van der Waals surface area contributed by atoms with Crippen LogP contribution in [-0.2, 0) is 6.54 Å². The predicted molar refractivity (Wildman–Crippen MR) is 150 cm³/mol. The van der Waals surface area contributed by atoms with E-state index in [0.29, 0.717) is 29.5 Å². The van der Waals surface area contributed by atoms with E-state index in [-0.39, 0.29) is 0 Å². The molecule has 0 aliphatic carbocycles. The first-order chi connectivity index (χ1) is 17.6. The summed E-state index contributed by atoms with van der Waals surface area (Å²) in [7, 11) is 0. The zero-order valence-electron chi connectivity index (χ0n) is 20.8. The lowest BCUT2D eigenvalue weighted by atomic mass is 10.0. The van der Waals surface area contributed by atoms with Gasteiger partial charge in [0.15, 0.2) is 5.11 Å². The van der Waals surface area contributed by atoms with Gasteiger partial charge in [-0.3, -0.25) is 0 Å². The largest absolute Gasteiger partial charge is 0.439 e. The maximum Gasteiger partial charge on any atom is 0.234 e. The van der Waals surface area contributed by atoms with Gasteiger partial charge in [-0.2, -0.15) is 9.97 Å². The minimum absolute atomic E-state index is 0.416. The summed E-state index contributed by atoms with van der Waals surface area (Å²) >= 11 is 5.58. The third-order valence-corrected chi connectivity index (χ3v) is 7.08. The molecule has 188 valence electrons. The summed E-state index contributed by atoms with van der Waals surface area (Å²) in [6.45, 7) is 6.14. The Labute approximate surface area is 218 Å². The monoisotopic (exact) mass is 502 g/mol. The fourth-order valence-corrected chi connectivity index (χ4v) is 5.01. The number of ether oxygens (including phenoxy) is 1. The number of benzene rings is 2. The van der Waals surface area contributed by atoms with E-state index >= 15 is 0 Å². The second-order valence-electron chi connectivity index (χ2n) is 9.51. The van der Waals surface area contributed by atoms with Gasteiger partial charge in [0.1, 0.15) is 11.6 Å². The van der Waals surface area contributed by atoms with Crippen molar-refractivity contribution in [1.82, 2.24) is 15.3 Å². The lowest BCUT2D eigenvalue weighted by Gasteiger charge is -2.34. The summed E-state index contributed by atoms with van der Waals surface area (Å²) in [4.78, 5) is 14.1. The highest BCUT2D eigenvalue weighted by Gasteiger charge is 2.22. The van der Waals surface area contributed by atoms with Gasteiger partial charge in [-0.05, 0) is 81.1 Å². The number of anilines is 3. The van der Waals surface area contributed by atoms with Crippen molar-refractivity contribution in [3.8, 4) is 11.6 Å². The molecule has 2 N–H and O–H groups in total. The molecule has 2 aliphatic rings. The van der Waals surface area contributed by atoms with Crippen LogP contribution in [0.4, 0.5) is 17.5 Å².